The maximum absolute atomic E-state index is 12.6. The molecule has 0 saturated heterocycles. The quantitative estimate of drug-likeness (QED) is 0.115. The molecule has 8 N–H and O–H groups in total. The molecule has 0 saturated carbocycles. The molecule has 21 heteroatoms. The van der Waals surface area contributed by atoms with Crippen LogP contribution in [0.4, 0.5) is 33.6 Å². The topological polar surface area (TPSA) is 280 Å². The number of nitriles is 1. The molecule has 16 amide bonds. The second-order valence-electron chi connectivity index (χ2n) is 8.83. The zero-order valence-corrected chi connectivity index (χ0v) is 25.2. The average molecular weight is 682 g/mol. The van der Waals surface area contributed by atoms with E-state index < -0.39 is 60.1 Å². The Bertz CT molecular complexity index is 1380. The van der Waals surface area contributed by atoms with Crippen molar-refractivity contribution < 1.29 is 43.2 Å². The summed E-state index contributed by atoms with van der Waals surface area (Å²) in [6, 6.07) is -5.17. The summed E-state index contributed by atoms with van der Waals surface area (Å²) in [4.78, 5) is 108. The third kappa shape index (κ3) is 13.3. The number of hydrazine groups is 1. The van der Waals surface area contributed by atoms with Crippen molar-refractivity contribution in [2.75, 3.05) is 14.1 Å². The molecule has 0 aromatic heterocycles. The first kappa shape index (κ1) is 36.2. The Hall–Kier alpha value is -5.78. The minimum absolute atomic E-state index is 0.0789. The van der Waals surface area contributed by atoms with Crippen molar-refractivity contribution in [1.82, 2.24) is 52.6 Å². The van der Waals surface area contributed by atoms with E-state index in [1.165, 1.54) is 48.2 Å². The number of benzene rings is 1. The van der Waals surface area contributed by atoms with Crippen molar-refractivity contribution >= 4 is 70.0 Å². The molecule has 0 radical (unpaired) electrons. The minimum Gasteiger partial charge on any atom is -0.326 e. The van der Waals surface area contributed by atoms with Crippen LogP contribution in [0.15, 0.2) is 28.7 Å². The summed E-state index contributed by atoms with van der Waals surface area (Å²) in [5, 5.41) is 24.2. The standard InChI is InChI=1S/C23H28BrN11O9/c1-11(2)8-14(16(37)35(4)34(3)10-25)26-17(38)28-19(40)30-21(42)32-23(44)33-22(43)31-20(41)29-18(39)27-15(36)12-6-5-7-13(24)9-12/h5-7,9,11,14H,8H2,1-4H3,(H8,26,27,28,29,30,31,32,33,36,38,39,40,41,42,43,44). The molecule has 0 aliphatic carbocycles. The monoisotopic (exact) mass is 681 g/mol. The summed E-state index contributed by atoms with van der Waals surface area (Å²) in [6.07, 6.45) is 1.84. The molecule has 20 nitrogen and oxygen atoms in total. The van der Waals surface area contributed by atoms with Gasteiger partial charge in [-0.1, -0.05) is 35.8 Å². The van der Waals surface area contributed by atoms with Crippen LogP contribution in [-0.2, 0) is 4.79 Å². The summed E-state index contributed by atoms with van der Waals surface area (Å²) in [5.74, 6) is -1.63. The number of carbonyl (C=O) groups excluding carboxylic acids is 9. The molecule has 0 fully saturated rings. The number of nitrogens with one attached hydrogen (secondary N) is 8. The van der Waals surface area contributed by atoms with Gasteiger partial charge >= 0.3 is 42.2 Å². The first-order valence-electron chi connectivity index (χ1n) is 12.2. The lowest BCUT2D eigenvalue weighted by Crippen LogP contribution is -2.57. The fourth-order valence-corrected chi connectivity index (χ4v) is 3.34. The molecule has 1 aromatic rings. The lowest BCUT2D eigenvalue weighted by atomic mass is 10.0. The fraction of sp³-hybridized carbons (Fsp3) is 0.304. The number of carbonyl (C=O) groups is 9. The van der Waals surface area contributed by atoms with Gasteiger partial charge in [-0.15, -0.1) is 0 Å². The van der Waals surface area contributed by atoms with Gasteiger partial charge in [0.2, 0.25) is 0 Å². The molecule has 1 rings (SSSR count). The number of hydrogen-bond acceptors (Lipinski definition) is 11. The average Bonchev–Trinajstić information content (AvgIpc) is 2.90. The third-order valence-electron chi connectivity index (χ3n) is 4.90. The Balaban J connectivity index is 2.50. The maximum atomic E-state index is 12.6. The highest BCUT2D eigenvalue weighted by Gasteiger charge is 2.27. The highest BCUT2D eigenvalue weighted by molar-refractivity contribution is 9.10. The van der Waals surface area contributed by atoms with Crippen molar-refractivity contribution in [3.63, 3.8) is 0 Å². The normalized spacial score (nSPS) is 10.5. The van der Waals surface area contributed by atoms with Crippen molar-refractivity contribution in [2.45, 2.75) is 26.3 Å². The predicted molar refractivity (Wildman–Crippen MR) is 151 cm³/mol. The number of hydrogen-bond donors (Lipinski definition) is 8. The van der Waals surface area contributed by atoms with Crippen LogP contribution in [-0.4, -0.2) is 84.2 Å². The molecule has 236 valence electrons. The van der Waals surface area contributed by atoms with Crippen molar-refractivity contribution in [3.05, 3.63) is 34.3 Å². The number of amides is 16. The van der Waals surface area contributed by atoms with Crippen LogP contribution in [0, 0.1) is 17.4 Å². The van der Waals surface area contributed by atoms with Gasteiger partial charge in [-0.3, -0.25) is 46.8 Å². The molecule has 1 aromatic carbocycles. The van der Waals surface area contributed by atoms with Gasteiger partial charge in [0.25, 0.3) is 11.8 Å². The summed E-state index contributed by atoms with van der Waals surface area (Å²) < 4.78 is 0.548. The van der Waals surface area contributed by atoms with E-state index in [9.17, 15) is 43.2 Å². The Kier molecular flexibility index (Phi) is 14.2. The molecule has 1 atom stereocenters. The number of rotatable bonds is 6. The molecule has 0 heterocycles. The van der Waals surface area contributed by atoms with E-state index in [1.807, 2.05) is 5.32 Å². The van der Waals surface area contributed by atoms with E-state index in [2.05, 4.69) is 21.2 Å². The third-order valence-corrected chi connectivity index (χ3v) is 5.39. The van der Waals surface area contributed by atoms with E-state index in [0.717, 1.165) is 10.0 Å². The van der Waals surface area contributed by atoms with Gasteiger partial charge in [0.15, 0.2) is 6.19 Å². The van der Waals surface area contributed by atoms with E-state index >= 15 is 0 Å². The first-order valence-corrected chi connectivity index (χ1v) is 13.0. The van der Waals surface area contributed by atoms with Crippen molar-refractivity contribution in [2.24, 2.45) is 5.92 Å². The van der Waals surface area contributed by atoms with Crippen LogP contribution in [0.1, 0.15) is 30.6 Å². The highest BCUT2D eigenvalue weighted by Crippen LogP contribution is 2.11. The highest BCUT2D eigenvalue weighted by atomic mass is 79.9. The van der Waals surface area contributed by atoms with Crippen LogP contribution >= 0.6 is 15.9 Å². The molecule has 0 spiro atoms. The fourth-order valence-electron chi connectivity index (χ4n) is 2.94. The van der Waals surface area contributed by atoms with Gasteiger partial charge in [-0.2, -0.15) is 5.26 Å². The van der Waals surface area contributed by atoms with E-state index in [4.69, 9.17) is 5.26 Å². The van der Waals surface area contributed by atoms with E-state index in [0.29, 0.717) is 4.47 Å². The van der Waals surface area contributed by atoms with E-state index in [1.54, 1.807) is 42.1 Å². The Morgan fingerprint density at radius 2 is 1.18 bits per heavy atom. The number of imide groups is 7. The van der Waals surface area contributed by atoms with Crippen LogP contribution in [0.5, 0.6) is 0 Å². The molecule has 0 bridgehead atoms. The van der Waals surface area contributed by atoms with Gasteiger partial charge < -0.3 is 5.32 Å². The van der Waals surface area contributed by atoms with Crippen LogP contribution in [0.2, 0.25) is 0 Å². The molecule has 44 heavy (non-hydrogen) atoms. The summed E-state index contributed by atoms with van der Waals surface area (Å²) in [7, 11) is 2.60. The summed E-state index contributed by atoms with van der Waals surface area (Å²) in [5.41, 5.74) is 0.0789. The molecule has 0 aliphatic heterocycles. The Labute approximate surface area is 257 Å². The Morgan fingerprint density at radius 1 is 0.750 bits per heavy atom. The lowest BCUT2D eigenvalue weighted by Gasteiger charge is -2.28. The van der Waals surface area contributed by atoms with Gasteiger partial charge in [0, 0.05) is 24.1 Å². The number of nitrogens with zero attached hydrogens (tertiary/aromatic N) is 3. The number of likely N-dealkylation sites (N-methyl/N-ethyl adjacent to an activating group) is 1. The summed E-state index contributed by atoms with van der Waals surface area (Å²) in [6.45, 7) is 3.52. The zero-order chi connectivity index (χ0) is 33.6. The van der Waals surface area contributed by atoms with E-state index in [-0.39, 0.29) is 17.9 Å². The van der Waals surface area contributed by atoms with Gasteiger partial charge in [-0.25, -0.2) is 43.6 Å². The second-order valence-corrected chi connectivity index (χ2v) is 9.75. The predicted octanol–water partition coefficient (Wildman–Crippen LogP) is 0.347. The van der Waals surface area contributed by atoms with Gasteiger partial charge in [0.05, 0.1) is 0 Å². The molecule has 0 aliphatic rings. The van der Waals surface area contributed by atoms with Crippen molar-refractivity contribution in [1.29, 1.82) is 5.26 Å². The zero-order valence-electron chi connectivity index (χ0n) is 23.6. The second kappa shape index (κ2) is 17.2. The molecule has 1 unspecified atom stereocenters. The van der Waals surface area contributed by atoms with Gasteiger partial charge in [-0.05, 0) is 30.5 Å². The van der Waals surface area contributed by atoms with Crippen LogP contribution in [0.25, 0.3) is 0 Å². The van der Waals surface area contributed by atoms with Crippen LogP contribution < -0.4 is 42.5 Å². The first-order chi connectivity index (χ1) is 20.5. The van der Waals surface area contributed by atoms with Crippen molar-refractivity contribution in [3.8, 4) is 6.19 Å². The Morgan fingerprint density at radius 3 is 1.59 bits per heavy atom. The van der Waals surface area contributed by atoms with Crippen LogP contribution in [0.3, 0.4) is 0 Å². The SMILES string of the molecule is CC(C)CC(NC(=O)NC(=O)NC(=O)NC(=O)NC(=O)NC(=O)NC(=O)NC(=O)c1cccc(Br)c1)C(=O)N(C)N(C)C#N. The number of halogens is 1. The summed E-state index contributed by atoms with van der Waals surface area (Å²) >= 11 is 3.14. The minimum atomic E-state index is -1.54. The van der Waals surface area contributed by atoms with Gasteiger partial charge in [0.1, 0.15) is 6.04 Å². The maximum Gasteiger partial charge on any atom is 0.330 e. The smallest absolute Gasteiger partial charge is 0.326 e. The molecular weight excluding hydrogens is 654 g/mol. The number of urea groups is 7. The molecular formula is C23H28BrN11O9. The largest absolute Gasteiger partial charge is 0.330 e. The lowest BCUT2D eigenvalue weighted by molar-refractivity contribution is -0.142.